The number of carbonyl (C=O) groups excluding carboxylic acids is 1. The third kappa shape index (κ3) is 29.2. The van der Waals surface area contributed by atoms with Crippen molar-refractivity contribution < 1.29 is 33.5 Å². The molecule has 9 heteroatoms. The molecule has 0 aliphatic carbocycles. The van der Waals surface area contributed by atoms with Crippen molar-refractivity contribution in [2.45, 2.75) is 0 Å². The van der Waals surface area contributed by atoms with E-state index in [2.05, 4.69) is 11.3 Å². The molecule has 0 fully saturated rings. The van der Waals surface area contributed by atoms with Crippen LogP contribution >= 0.6 is 7.82 Å². The van der Waals surface area contributed by atoms with E-state index in [0.29, 0.717) is 19.8 Å². The van der Waals surface area contributed by atoms with Gasteiger partial charge in [-0.05, 0) is 0 Å². The minimum absolute atomic E-state index is 0.255. The van der Waals surface area contributed by atoms with Crippen LogP contribution in [0.25, 0.3) is 0 Å². The first-order chi connectivity index (χ1) is 7.31. The summed E-state index contributed by atoms with van der Waals surface area (Å²) in [6.45, 7) is 4.85. The maximum atomic E-state index is 10.4. The summed E-state index contributed by atoms with van der Waals surface area (Å²) in [6, 6.07) is 0. The third-order valence-electron chi connectivity index (χ3n) is 0.901. The summed E-state index contributed by atoms with van der Waals surface area (Å²) in [5, 5.41) is 0. The highest BCUT2D eigenvalue weighted by Crippen LogP contribution is 2.25. The zero-order chi connectivity index (χ0) is 13.0. The van der Waals surface area contributed by atoms with Crippen LogP contribution in [0, 0.1) is 0 Å². The van der Waals surface area contributed by atoms with E-state index in [4.69, 9.17) is 29.7 Å². The molecule has 0 heterocycles. The number of esters is 1. The van der Waals surface area contributed by atoms with Crippen molar-refractivity contribution in [1.29, 1.82) is 0 Å². The lowest BCUT2D eigenvalue weighted by Gasteiger charge is -2.01. The van der Waals surface area contributed by atoms with Crippen molar-refractivity contribution in [3.05, 3.63) is 12.7 Å². The van der Waals surface area contributed by atoms with Crippen molar-refractivity contribution in [3.8, 4) is 0 Å². The van der Waals surface area contributed by atoms with Crippen LogP contribution in [-0.2, 0) is 18.8 Å². The summed E-state index contributed by atoms with van der Waals surface area (Å²) in [4.78, 5) is 32.0. The third-order valence-corrected chi connectivity index (χ3v) is 0.901. The van der Waals surface area contributed by atoms with Crippen molar-refractivity contribution in [1.82, 2.24) is 0 Å². The van der Waals surface area contributed by atoms with Crippen LogP contribution in [-0.4, -0.2) is 47.0 Å². The molecule has 0 saturated carbocycles. The molecule has 0 aromatic rings. The van der Waals surface area contributed by atoms with E-state index in [0.717, 1.165) is 6.08 Å². The molecule has 5 N–H and O–H groups in total. The molecule has 0 aliphatic rings. The monoisotopic (exact) mass is 257 g/mol. The van der Waals surface area contributed by atoms with E-state index in [-0.39, 0.29) is 6.61 Å². The molecular weight excluding hydrogens is 241 g/mol. The second-order valence-corrected chi connectivity index (χ2v) is 3.31. The van der Waals surface area contributed by atoms with E-state index < -0.39 is 13.8 Å². The second kappa shape index (κ2) is 10.7. The van der Waals surface area contributed by atoms with Gasteiger partial charge in [-0.3, -0.25) is 0 Å². The van der Waals surface area contributed by atoms with Gasteiger partial charge in [0.05, 0.1) is 13.2 Å². The molecule has 0 bridgehead atoms. The molecule has 0 spiro atoms. The highest BCUT2D eigenvalue weighted by molar-refractivity contribution is 7.45. The Morgan fingerprint density at radius 2 is 1.81 bits per heavy atom. The Balaban J connectivity index is 0. The van der Waals surface area contributed by atoms with Gasteiger partial charge in [0.2, 0.25) is 0 Å². The predicted octanol–water partition coefficient (Wildman–Crippen LogP) is -1.24. The topological polar surface area (TPSA) is 139 Å². The number of ether oxygens (including phenoxy) is 2. The Kier molecular flexibility index (Phi) is 11.8. The molecule has 0 radical (unpaired) electrons. The smallest absolute Gasteiger partial charge is 0.460 e. The van der Waals surface area contributed by atoms with Gasteiger partial charge in [0.15, 0.2) is 0 Å². The molecule has 0 unspecified atom stereocenters. The normalized spacial score (nSPS) is 10.0. The van der Waals surface area contributed by atoms with E-state index >= 15 is 0 Å². The van der Waals surface area contributed by atoms with Crippen LogP contribution in [0.4, 0.5) is 0 Å². The summed E-state index contributed by atoms with van der Waals surface area (Å²) in [5.74, 6) is -0.429. The minimum Gasteiger partial charge on any atom is -0.460 e. The Morgan fingerprint density at radius 3 is 2.19 bits per heavy atom. The molecule has 8 nitrogen and oxygen atoms in total. The summed E-state index contributed by atoms with van der Waals surface area (Å²) < 4.78 is 18.4. The van der Waals surface area contributed by atoms with Gasteiger partial charge in [-0.25, -0.2) is 9.36 Å². The van der Waals surface area contributed by atoms with Gasteiger partial charge < -0.3 is 29.9 Å². The van der Waals surface area contributed by atoms with E-state index in [1.807, 2.05) is 0 Å². The van der Waals surface area contributed by atoms with Gasteiger partial charge >= 0.3 is 13.8 Å². The molecular formula is C7H16NO7P. The molecule has 0 rings (SSSR count). The average molecular weight is 257 g/mol. The first-order valence-electron chi connectivity index (χ1n) is 4.16. The number of carbonyl (C=O) groups is 1. The molecule has 16 heavy (non-hydrogen) atoms. The lowest BCUT2D eigenvalue weighted by atomic mass is 10.6. The van der Waals surface area contributed by atoms with Gasteiger partial charge in [0.25, 0.3) is 0 Å². The van der Waals surface area contributed by atoms with E-state index in [1.165, 1.54) is 0 Å². The zero-order valence-electron chi connectivity index (χ0n) is 8.61. The Hall–Kier alpha value is -0.760. The molecule has 0 aliphatic heterocycles. The van der Waals surface area contributed by atoms with Gasteiger partial charge in [0, 0.05) is 12.6 Å². The van der Waals surface area contributed by atoms with Crippen LogP contribution in [0.15, 0.2) is 12.7 Å². The molecule has 0 aromatic carbocycles. The van der Waals surface area contributed by atoms with Crippen molar-refractivity contribution in [3.63, 3.8) is 0 Å². The molecule has 0 saturated heterocycles. The van der Waals surface area contributed by atoms with Crippen LogP contribution in [0.2, 0.25) is 0 Å². The summed E-state index contributed by atoms with van der Waals surface area (Å²) in [6.07, 6.45) is 1.11. The molecule has 0 amide bonds. The first-order valence-corrected chi connectivity index (χ1v) is 5.73. The Bertz CT molecular complexity index is 231. The van der Waals surface area contributed by atoms with Gasteiger partial charge in [0.1, 0.15) is 6.61 Å². The first kappa shape index (κ1) is 17.6. The van der Waals surface area contributed by atoms with Gasteiger partial charge in [-0.1, -0.05) is 6.58 Å². The van der Waals surface area contributed by atoms with Gasteiger partial charge in [-0.15, -0.1) is 0 Å². The minimum atomic E-state index is -4.64. The maximum absolute atomic E-state index is 10.4. The highest BCUT2D eigenvalue weighted by atomic mass is 31.2. The fourth-order valence-electron chi connectivity index (χ4n) is 0.446. The highest BCUT2D eigenvalue weighted by Gasteiger charge is 2.00. The van der Waals surface area contributed by atoms with Crippen LogP contribution in [0.5, 0.6) is 0 Å². The number of nitrogens with two attached hydrogens (primary N) is 1. The summed E-state index contributed by atoms with van der Waals surface area (Å²) in [5.41, 5.74) is 5.15. The summed E-state index contributed by atoms with van der Waals surface area (Å²) >= 11 is 0. The van der Waals surface area contributed by atoms with E-state index in [9.17, 15) is 4.79 Å². The molecule has 0 aromatic heterocycles. The van der Waals surface area contributed by atoms with Crippen LogP contribution < -0.4 is 5.73 Å². The van der Waals surface area contributed by atoms with Crippen molar-refractivity contribution in [2.24, 2.45) is 5.73 Å². The average Bonchev–Trinajstić information content (AvgIpc) is 2.14. The SMILES string of the molecule is C=CC(=O)OCCOCCN.O=P(O)(O)O. The van der Waals surface area contributed by atoms with E-state index in [1.54, 1.807) is 0 Å². The summed E-state index contributed by atoms with van der Waals surface area (Å²) in [7, 11) is -4.64. The number of hydrogen-bond donors (Lipinski definition) is 4. The standard InChI is InChI=1S/C7H13NO3.H3O4P/c1-2-7(9)11-6-5-10-4-3-8;1-5(2,3)4/h2H,1,3-6,8H2;(H3,1,2,3,4). The second-order valence-electron chi connectivity index (χ2n) is 2.29. The van der Waals surface area contributed by atoms with Crippen LogP contribution in [0.1, 0.15) is 0 Å². The van der Waals surface area contributed by atoms with Crippen LogP contribution in [0.3, 0.4) is 0 Å². The quantitative estimate of drug-likeness (QED) is 0.200. The Labute approximate surface area is 92.9 Å². The fraction of sp³-hybridized carbons (Fsp3) is 0.571. The molecule has 96 valence electrons. The van der Waals surface area contributed by atoms with Crippen molar-refractivity contribution in [2.75, 3.05) is 26.4 Å². The number of rotatable bonds is 6. The lowest BCUT2D eigenvalue weighted by molar-refractivity contribution is -0.139. The largest absolute Gasteiger partial charge is 0.466 e. The maximum Gasteiger partial charge on any atom is 0.466 e. The number of phosphoric acid groups is 1. The van der Waals surface area contributed by atoms with Crippen molar-refractivity contribution >= 4 is 13.8 Å². The predicted molar refractivity (Wildman–Crippen MR) is 55.3 cm³/mol. The Morgan fingerprint density at radius 1 is 1.31 bits per heavy atom. The van der Waals surface area contributed by atoms with Gasteiger partial charge in [-0.2, -0.15) is 0 Å². The molecule has 0 atom stereocenters. The lowest BCUT2D eigenvalue weighted by Crippen LogP contribution is -2.13. The number of hydrogen-bond acceptors (Lipinski definition) is 5. The zero-order valence-corrected chi connectivity index (χ0v) is 9.51. The fourth-order valence-corrected chi connectivity index (χ4v) is 0.446.